The third-order valence-corrected chi connectivity index (χ3v) is 2.78. The van der Waals surface area contributed by atoms with Crippen molar-refractivity contribution in [3.63, 3.8) is 0 Å². The molecule has 0 aliphatic heterocycles. The Morgan fingerprint density at radius 2 is 2.24 bits per heavy atom. The molecule has 0 aliphatic carbocycles. The summed E-state index contributed by atoms with van der Waals surface area (Å²) < 4.78 is 6.62. The van der Waals surface area contributed by atoms with Crippen molar-refractivity contribution in [2.24, 2.45) is 0 Å². The van der Waals surface area contributed by atoms with Crippen molar-refractivity contribution in [3.05, 3.63) is 29.2 Å². The van der Waals surface area contributed by atoms with Crippen molar-refractivity contribution >= 4 is 0 Å². The molecule has 0 unspecified atom stereocenters. The molecule has 0 spiro atoms. The van der Waals surface area contributed by atoms with Gasteiger partial charge in [0.15, 0.2) is 5.82 Å². The van der Waals surface area contributed by atoms with E-state index in [4.69, 9.17) is 4.52 Å². The molecular weight excluding hydrogens is 218 g/mol. The molecule has 6 nitrogen and oxygen atoms in total. The summed E-state index contributed by atoms with van der Waals surface area (Å²) in [5, 5.41) is 11.6. The Bertz CT molecular complexity index is 474. The van der Waals surface area contributed by atoms with Crippen LogP contribution in [0.4, 0.5) is 0 Å². The Kier molecular flexibility index (Phi) is 3.53. The summed E-state index contributed by atoms with van der Waals surface area (Å²) in [6.07, 6.45) is 1.33. The van der Waals surface area contributed by atoms with Crippen LogP contribution in [-0.4, -0.2) is 26.5 Å². The first-order chi connectivity index (χ1) is 8.22. The largest absolute Gasteiger partial charge is 0.343 e. The number of aromatic nitrogens is 4. The zero-order chi connectivity index (χ0) is 12.3. The van der Waals surface area contributed by atoms with Gasteiger partial charge in [0.2, 0.25) is 6.39 Å². The van der Waals surface area contributed by atoms with E-state index in [1.165, 1.54) is 12.0 Å². The van der Waals surface area contributed by atoms with E-state index in [-0.39, 0.29) is 0 Å². The molecule has 0 amide bonds. The lowest BCUT2D eigenvalue weighted by Gasteiger charge is -2.03. The van der Waals surface area contributed by atoms with E-state index in [0.29, 0.717) is 12.4 Å². The quantitative estimate of drug-likeness (QED) is 0.838. The highest BCUT2D eigenvalue weighted by Gasteiger charge is 2.12. The molecular formula is C11H17N5O. The van der Waals surface area contributed by atoms with E-state index in [1.807, 2.05) is 11.6 Å². The molecule has 2 rings (SSSR count). The second kappa shape index (κ2) is 5.09. The van der Waals surface area contributed by atoms with Crippen LogP contribution >= 0.6 is 0 Å². The molecule has 92 valence electrons. The van der Waals surface area contributed by atoms with Crippen molar-refractivity contribution < 1.29 is 4.52 Å². The smallest absolute Gasteiger partial charge is 0.213 e. The first kappa shape index (κ1) is 11.8. The van der Waals surface area contributed by atoms with Crippen molar-refractivity contribution in [3.8, 4) is 0 Å². The topological polar surface area (TPSA) is 68.8 Å². The summed E-state index contributed by atoms with van der Waals surface area (Å²) in [5.41, 5.74) is 3.44. The predicted molar refractivity (Wildman–Crippen MR) is 62.5 cm³/mol. The van der Waals surface area contributed by atoms with Crippen molar-refractivity contribution in [2.75, 3.05) is 6.54 Å². The minimum atomic E-state index is 0.551. The second-order valence-electron chi connectivity index (χ2n) is 3.93. The summed E-state index contributed by atoms with van der Waals surface area (Å²) in [4.78, 5) is 4.00. The maximum absolute atomic E-state index is 4.71. The molecule has 0 saturated heterocycles. The van der Waals surface area contributed by atoms with Crippen molar-refractivity contribution in [1.82, 2.24) is 25.2 Å². The summed E-state index contributed by atoms with van der Waals surface area (Å²) in [6.45, 7) is 8.53. The minimum Gasteiger partial charge on any atom is -0.343 e. The van der Waals surface area contributed by atoms with E-state index in [2.05, 4.69) is 34.4 Å². The average molecular weight is 235 g/mol. The lowest BCUT2D eigenvalue weighted by molar-refractivity contribution is 0.406. The maximum atomic E-state index is 4.71. The van der Waals surface area contributed by atoms with Gasteiger partial charge in [-0.1, -0.05) is 12.1 Å². The van der Waals surface area contributed by atoms with Crippen LogP contribution in [0.5, 0.6) is 0 Å². The second-order valence-corrected chi connectivity index (χ2v) is 3.93. The van der Waals surface area contributed by atoms with Gasteiger partial charge in [-0.15, -0.1) is 0 Å². The highest BCUT2D eigenvalue weighted by Crippen LogP contribution is 2.13. The molecule has 0 saturated carbocycles. The van der Waals surface area contributed by atoms with Crippen LogP contribution in [0.2, 0.25) is 0 Å². The van der Waals surface area contributed by atoms with Gasteiger partial charge in [-0.05, 0) is 20.4 Å². The summed E-state index contributed by atoms with van der Waals surface area (Å²) >= 11 is 0. The van der Waals surface area contributed by atoms with Gasteiger partial charge in [-0.25, -0.2) is 0 Å². The van der Waals surface area contributed by atoms with Gasteiger partial charge in [0.1, 0.15) is 6.54 Å². The first-order valence-corrected chi connectivity index (χ1v) is 5.71. The monoisotopic (exact) mass is 235 g/mol. The molecule has 2 aromatic rings. The summed E-state index contributed by atoms with van der Waals surface area (Å²) in [6, 6.07) is 0. The normalized spacial score (nSPS) is 11.0. The fourth-order valence-electron chi connectivity index (χ4n) is 1.79. The SMILES string of the molecule is CCNCc1c(C)nn(Cc2ncon2)c1C. The Labute approximate surface area is 100 Å². The fraction of sp³-hybridized carbons (Fsp3) is 0.545. The van der Waals surface area contributed by atoms with Crippen molar-refractivity contribution in [2.45, 2.75) is 33.9 Å². The van der Waals surface area contributed by atoms with Crippen LogP contribution in [0.15, 0.2) is 10.9 Å². The fourth-order valence-corrected chi connectivity index (χ4v) is 1.79. The van der Waals surface area contributed by atoms with E-state index in [1.54, 1.807) is 0 Å². The maximum Gasteiger partial charge on any atom is 0.213 e. The third-order valence-electron chi connectivity index (χ3n) is 2.78. The molecule has 6 heteroatoms. The molecule has 0 aliphatic rings. The Balaban J connectivity index is 2.18. The van der Waals surface area contributed by atoms with Crippen molar-refractivity contribution in [1.29, 1.82) is 0 Å². The molecule has 0 atom stereocenters. The number of hydrogen-bond donors (Lipinski definition) is 1. The Morgan fingerprint density at radius 3 is 2.88 bits per heavy atom. The van der Waals surface area contributed by atoms with Gasteiger partial charge < -0.3 is 9.84 Å². The standard InChI is InChI=1S/C11H17N5O/c1-4-12-5-10-8(2)14-16(9(10)3)6-11-13-7-17-15-11/h7,12H,4-6H2,1-3H3. The highest BCUT2D eigenvalue weighted by molar-refractivity contribution is 5.24. The van der Waals surface area contributed by atoms with Crippen LogP contribution in [0.25, 0.3) is 0 Å². The first-order valence-electron chi connectivity index (χ1n) is 5.71. The molecule has 0 radical (unpaired) electrons. The van der Waals surface area contributed by atoms with Crippen LogP contribution in [0.1, 0.15) is 29.7 Å². The van der Waals surface area contributed by atoms with Crippen LogP contribution < -0.4 is 5.32 Å². The molecule has 1 N–H and O–H groups in total. The lowest BCUT2D eigenvalue weighted by Crippen LogP contribution is -2.13. The molecule has 0 aromatic carbocycles. The highest BCUT2D eigenvalue weighted by atomic mass is 16.5. The number of hydrogen-bond acceptors (Lipinski definition) is 5. The molecule has 2 heterocycles. The van der Waals surface area contributed by atoms with E-state index < -0.39 is 0 Å². The number of rotatable bonds is 5. The van der Waals surface area contributed by atoms with Gasteiger partial charge in [-0.3, -0.25) is 4.68 Å². The van der Waals surface area contributed by atoms with Gasteiger partial charge in [-0.2, -0.15) is 10.1 Å². The number of aryl methyl sites for hydroxylation is 1. The lowest BCUT2D eigenvalue weighted by atomic mass is 10.2. The van der Waals surface area contributed by atoms with E-state index in [9.17, 15) is 0 Å². The van der Waals surface area contributed by atoms with Crippen LogP contribution in [0, 0.1) is 13.8 Å². The third kappa shape index (κ3) is 2.52. The van der Waals surface area contributed by atoms with E-state index >= 15 is 0 Å². The van der Waals surface area contributed by atoms with E-state index in [0.717, 1.165) is 24.5 Å². The number of nitrogens with one attached hydrogen (secondary N) is 1. The average Bonchev–Trinajstić information content (AvgIpc) is 2.89. The summed E-state index contributed by atoms with van der Waals surface area (Å²) in [5.74, 6) is 0.644. The van der Waals surface area contributed by atoms with Crippen LogP contribution in [0.3, 0.4) is 0 Å². The van der Waals surface area contributed by atoms with Crippen LogP contribution in [-0.2, 0) is 13.1 Å². The predicted octanol–water partition coefficient (Wildman–Crippen LogP) is 1.04. The van der Waals surface area contributed by atoms with Gasteiger partial charge in [0.05, 0.1) is 5.69 Å². The minimum absolute atomic E-state index is 0.551. The van der Waals surface area contributed by atoms with Gasteiger partial charge in [0.25, 0.3) is 0 Å². The summed E-state index contributed by atoms with van der Waals surface area (Å²) in [7, 11) is 0. The molecule has 0 bridgehead atoms. The zero-order valence-electron chi connectivity index (χ0n) is 10.4. The Hall–Kier alpha value is -1.69. The molecule has 2 aromatic heterocycles. The Morgan fingerprint density at radius 1 is 1.41 bits per heavy atom. The molecule has 0 fully saturated rings. The van der Waals surface area contributed by atoms with Gasteiger partial charge in [0, 0.05) is 17.8 Å². The number of nitrogens with zero attached hydrogens (tertiary/aromatic N) is 4. The van der Waals surface area contributed by atoms with Gasteiger partial charge >= 0.3 is 0 Å². The molecule has 17 heavy (non-hydrogen) atoms. The zero-order valence-corrected chi connectivity index (χ0v) is 10.4.